The van der Waals surface area contributed by atoms with Gasteiger partial charge < -0.3 is 15.0 Å². The highest BCUT2D eigenvalue weighted by Gasteiger charge is 2.12. The van der Waals surface area contributed by atoms with Crippen molar-refractivity contribution in [3.8, 4) is 0 Å². The number of fused-ring (bicyclic) bond motifs is 1. The normalized spacial score (nSPS) is 12.9. The first kappa shape index (κ1) is 14.8. The minimum absolute atomic E-state index is 0.225. The molecule has 0 atom stereocenters. The smallest absolute Gasteiger partial charge is 0.282 e. The predicted molar refractivity (Wildman–Crippen MR) is 84.8 cm³/mol. The summed E-state index contributed by atoms with van der Waals surface area (Å²) in [6.07, 6.45) is 2.00. The maximum Gasteiger partial charge on any atom is 0.282 e. The molecule has 2 heterocycles. The van der Waals surface area contributed by atoms with Crippen molar-refractivity contribution in [2.24, 2.45) is 10.7 Å². The van der Waals surface area contributed by atoms with E-state index in [-0.39, 0.29) is 11.6 Å². The predicted octanol–water partition coefficient (Wildman–Crippen LogP) is 2.93. The van der Waals surface area contributed by atoms with E-state index in [1.165, 1.54) is 0 Å². The second kappa shape index (κ2) is 5.83. The number of hydrogen-bond donors (Lipinski definition) is 1. The molecule has 2 rings (SSSR count). The molecule has 0 saturated carbocycles. The summed E-state index contributed by atoms with van der Waals surface area (Å²) in [5.41, 5.74) is 6.35. The van der Waals surface area contributed by atoms with Crippen LogP contribution in [0.15, 0.2) is 34.0 Å². The summed E-state index contributed by atoms with van der Waals surface area (Å²) in [4.78, 5) is 8.69. The largest absolute Gasteiger partial charge is 0.460 e. The first-order valence-corrected chi connectivity index (χ1v) is 7.25. The number of aromatic nitrogens is 2. The van der Waals surface area contributed by atoms with Gasteiger partial charge >= 0.3 is 0 Å². The highest BCUT2D eigenvalue weighted by atomic mass is 79.9. The average molecular weight is 339 g/mol. The molecule has 0 saturated heterocycles. The maximum absolute atomic E-state index is 5.73. The Balaban J connectivity index is 2.03. The van der Waals surface area contributed by atoms with E-state index in [0.717, 1.165) is 15.6 Å². The molecule has 0 radical (unpaired) electrons. The highest BCUT2D eigenvalue weighted by molar-refractivity contribution is 9.10. The third kappa shape index (κ3) is 3.96. The van der Waals surface area contributed by atoms with Gasteiger partial charge in [0, 0.05) is 18.1 Å². The molecule has 2 aromatic heterocycles. The second-order valence-corrected chi connectivity index (χ2v) is 6.30. The Morgan fingerprint density at radius 2 is 2.15 bits per heavy atom. The van der Waals surface area contributed by atoms with Crippen molar-refractivity contribution in [2.75, 3.05) is 6.54 Å². The summed E-state index contributed by atoms with van der Waals surface area (Å²) in [5, 5.41) is 1.11. The molecular formula is C14H19BrN4O. The Bertz CT molecular complexity index is 628. The topological polar surface area (TPSA) is 65.4 Å². The summed E-state index contributed by atoms with van der Waals surface area (Å²) in [5.74, 6) is 0. The van der Waals surface area contributed by atoms with Gasteiger partial charge in [0.2, 0.25) is 0 Å². The molecule has 0 aliphatic heterocycles. The van der Waals surface area contributed by atoms with Gasteiger partial charge in [0.05, 0.1) is 6.54 Å². The van der Waals surface area contributed by atoms with Crippen LogP contribution in [0.5, 0.6) is 0 Å². The summed E-state index contributed by atoms with van der Waals surface area (Å²) in [6.45, 7) is 7.09. The summed E-state index contributed by atoms with van der Waals surface area (Å²) < 4.78 is 8.33. The van der Waals surface area contributed by atoms with E-state index in [9.17, 15) is 0 Å². The van der Waals surface area contributed by atoms with Crippen LogP contribution in [0, 0.1) is 0 Å². The highest BCUT2D eigenvalue weighted by Crippen LogP contribution is 2.16. The van der Waals surface area contributed by atoms with Crippen molar-refractivity contribution in [2.45, 2.75) is 32.9 Å². The molecule has 0 aromatic carbocycles. The SMILES string of the molecule is CC(C)(C)OC(N)=NCCn1ccc2ccc(Br)nc21. The van der Waals surface area contributed by atoms with Gasteiger partial charge in [-0.1, -0.05) is 0 Å². The molecule has 0 unspecified atom stereocenters. The standard InChI is InChI=1S/C14H19BrN4O/c1-14(2,3)20-13(16)17-7-9-19-8-6-10-4-5-11(15)18-12(10)19/h4-6,8H,7,9H2,1-3H3,(H2,16,17). The van der Waals surface area contributed by atoms with E-state index < -0.39 is 0 Å². The molecule has 0 aliphatic carbocycles. The van der Waals surface area contributed by atoms with Crippen LogP contribution in [-0.4, -0.2) is 27.7 Å². The van der Waals surface area contributed by atoms with Gasteiger partial charge in [0.1, 0.15) is 15.9 Å². The lowest BCUT2D eigenvalue weighted by molar-refractivity contribution is 0.113. The third-order valence-electron chi connectivity index (χ3n) is 2.60. The molecule has 2 aromatic rings. The number of pyridine rings is 1. The van der Waals surface area contributed by atoms with Crippen LogP contribution in [0.4, 0.5) is 0 Å². The molecule has 5 nitrogen and oxygen atoms in total. The van der Waals surface area contributed by atoms with Crippen LogP contribution in [-0.2, 0) is 11.3 Å². The van der Waals surface area contributed by atoms with Crippen molar-refractivity contribution in [1.82, 2.24) is 9.55 Å². The van der Waals surface area contributed by atoms with Gasteiger partial charge in [0.15, 0.2) is 0 Å². The average Bonchev–Trinajstić information content (AvgIpc) is 2.69. The Morgan fingerprint density at radius 3 is 2.85 bits per heavy atom. The van der Waals surface area contributed by atoms with Crippen LogP contribution in [0.1, 0.15) is 20.8 Å². The van der Waals surface area contributed by atoms with Gasteiger partial charge in [0.25, 0.3) is 6.02 Å². The van der Waals surface area contributed by atoms with Crippen LogP contribution in [0.3, 0.4) is 0 Å². The van der Waals surface area contributed by atoms with E-state index in [1.807, 2.05) is 49.7 Å². The molecule has 2 N–H and O–H groups in total. The lowest BCUT2D eigenvalue weighted by Gasteiger charge is -2.19. The Morgan fingerprint density at radius 1 is 1.40 bits per heavy atom. The zero-order valence-corrected chi connectivity index (χ0v) is 13.5. The van der Waals surface area contributed by atoms with E-state index in [4.69, 9.17) is 10.5 Å². The lowest BCUT2D eigenvalue weighted by Crippen LogP contribution is -2.29. The number of nitrogens with two attached hydrogens (primary N) is 1. The summed E-state index contributed by atoms with van der Waals surface area (Å²) in [6, 6.07) is 6.22. The van der Waals surface area contributed by atoms with Crippen molar-refractivity contribution in [3.05, 3.63) is 29.0 Å². The minimum Gasteiger partial charge on any atom is -0.460 e. The Labute approximate surface area is 127 Å². The van der Waals surface area contributed by atoms with Crippen LogP contribution in [0.2, 0.25) is 0 Å². The van der Waals surface area contributed by atoms with Gasteiger partial charge in [-0.3, -0.25) is 0 Å². The molecule has 6 heteroatoms. The fourth-order valence-corrected chi connectivity index (χ4v) is 2.13. The second-order valence-electron chi connectivity index (χ2n) is 5.49. The third-order valence-corrected chi connectivity index (χ3v) is 3.04. The molecular weight excluding hydrogens is 320 g/mol. The number of hydrogen-bond acceptors (Lipinski definition) is 3. The van der Waals surface area contributed by atoms with Crippen LogP contribution < -0.4 is 5.73 Å². The summed E-state index contributed by atoms with van der Waals surface area (Å²) >= 11 is 3.38. The molecule has 0 fully saturated rings. The molecule has 108 valence electrons. The maximum atomic E-state index is 5.73. The zero-order valence-electron chi connectivity index (χ0n) is 11.9. The van der Waals surface area contributed by atoms with Crippen LogP contribution >= 0.6 is 15.9 Å². The van der Waals surface area contributed by atoms with Crippen molar-refractivity contribution >= 4 is 33.0 Å². The monoisotopic (exact) mass is 338 g/mol. The lowest BCUT2D eigenvalue weighted by atomic mass is 10.2. The molecule has 0 spiro atoms. The number of halogens is 1. The van der Waals surface area contributed by atoms with E-state index in [0.29, 0.717) is 13.1 Å². The van der Waals surface area contributed by atoms with Gasteiger partial charge in [-0.25, -0.2) is 9.98 Å². The minimum atomic E-state index is -0.319. The molecule has 0 amide bonds. The van der Waals surface area contributed by atoms with Gasteiger partial charge in [-0.2, -0.15) is 0 Å². The first-order chi connectivity index (χ1) is 9.35. The van der Waals surface area contributed by atoms with Crippen molar-refractivity contribution < 1.29 is 4.74 Å². The number of nitrogens with zero attached hydrogens (tertiary/aromatic N) is 3. The number of ether oxygens (including phenoxy) is 1. The van der Waals surface area contributed by atoms with Crippen molar-refractivity contribution in [3.63, 3.8) is 0 Å². The van der Waals surface area contributed by atoms with E-state index in [1.54, 1.807) is 0 Å². The fourth-order valence-electron chi connectivity index (χ4n) is 1.83. The Kier molecular flexibility index (Phi) is 4.32. The number of aliphatic imine (C=N–C) groups is 1. The van der Waals surface area contributed by atoms with Gasteiger partial charge in [-0.15, -0.1) is 0 Å². The summed E-state index contributed by atoms with van der Waals surface area (Å²) in [7, 11) is 0. The number of amidine groups is 1. The van der Waals surface area contributed by atoms with E-state index in [2.05, 4.69) is 25.9 Å². The first-order valence-electron chi connectivity index (χ1n) is 6.45. The number of rotatable bonds is 3. The quantitative estimate of drug-likeness (QED) is 0.531. The molecule has 0 bridgehead atoms. The molecule has 20 heavy (non-hydrogen) atoms. The fraction of sp³-hybridized carbons (Fsp3) is 0.429. The zero-order chi connectivity index (χ0) is 14.8. The van der Waals surface area contributed by atoms with Gasteiger partial charge in [-0.05, 0) is 54.9 Å². The van der Waals surface area contributed by atoms with Crippen LogP contribution in [0.25, 0.3) is 11.0 Å². The van der Waals surface area contributed by atoms with Crippen molar-refractivity contribution in [1.29, 1.82) is 0 Å². The van der Waals surface area contributed by atoms with E-state index >= 15 is 0 Å². The Hall–Kier alpha value is -1.56. The molecule has 0 aliphatic rings.